The van der Waals surface area contributed by atoms with Gasteiger partial charge in [0.05, 0.1) is 13.1 Å². The van der Waals surface area contributed by atoms with Gasteiger partial charge in [-0.3, -0.25) is 9.69 Å². The number of cyclic esters (lactones) is 1. The maximum Gasteiger partial charge on any atom is 0.414 e. The quantitative estimate of drug-likeness (QED) is 0.907. The van der Waals surface area contributed by atoms with Gasteiger partial charge in [0, 0.05) is 12.1 Å². The molecule has 5 nitrogen and oxygen atoms in total. The molecule has 0 aromatic heterocycles. The molecule has 1 saturated heterocycles. The van der Waals surface area contributed by atoms with E-state index in [4.69, 9.17) is 4.74 Å². The van der Waals surface area contributed by atoms with Gasteiger partial charge in [0.1, 0.15) is 6.10 Å². The molecule has 1 aliphatic heterocycles. The van der Waals surface area contributed by atoms with Crippen LogP contribution in [0, 0.1) is 0 Å². The average molecular weight is 318 g/mol. The smallest absolute Gasteiger partial charge is 0.414 e. The number of carbonyl (C=O) groups is 2. The van der Waals surface area contributed by atoms with Crippen LogP contribution in [0.4, 0.5) is 10.5 Å². The summed E-state index contributed by atoms with van der Waals surface area (Å²) in [6.45, 7) is 9.24. The first kappa shape index (κ1) is 17.3. The summed E-state index contributed by atoms with van der Waals surface area (Å²) < 4.78 is 5.33. The van der Waals surface area contributed by atoms with Crippen LogP contribution >= 0.6 is 0 Å². The Morgan fingerprint density at radius 2 is 1.96 bits per heavy atom. The minimum absolute atomic E-state index is 0.00321. The van der Waals surface area contributed by atoms with Gasteiger partial charge in [0.2, 0.25) is 5.91 Å². The van der Waals surface area contributed by atoms with E-state index >= 15 is 0 Å². The number of carbonyl (C=O) groups excluding carboxylic acids is 2. The normalized spacial score (nSPS) is 18.0. The predicted octanol–water partition coefficient (Wildman–Crippen LogP) is 3.23. The number of hydrogen-bond donors (Lipinski definition) is 1. The molecular formula is C18H26N2O3. The zero-order chi connectivity index (χ0) is 17.0. The fourth-order valence-electron chi connectivity index (χ4n) is 2.52. The second-order valence-corrected chi connectivity index (χ2v) is 6.97. The van der Waals surface area contributed by atoms with Crippen molar-refractivity contribution in [2.24, 2.45) is 0 Å². The van der Waals surface area contributed by atoms with Crippen LogP contribution in [-0.2, 0) is 14.9 Å². The predicted molar refractivity (Wildman–Crippen MR) is 90.7 cm³/mol. The molecule has 2 amide bonds. The summed E-state index contributed by atoms with van der Waals surface area (Å²) in [5.74, 6) is -0.00321. The molecular weight excluding hydrogens is 292 g/mol. The average Bonchev–Trinajstić information content (AvgIpc) is 2.86. The highest BCUT2D eigenvalue weighted by atomic mass is 16.6. The SMILES string of the molecule is CCCC(=O)NCC1CN(c2ccc(C(C)(C)C)cc2)C(=O)O1. The lowest BCUT2D eigenvalue weighted by Crippen LogP contribution is -2.34. The first-order valence-corrected chi connectivity index (χ1v) is 8.16. The van der Waals surface area contributed by atoms with Crippen molar-refractivity contribution in [1.82, 2.24) is 5.32 Å². The van der Waals surface area contributed by atoms with E-state index in [1.165, 1.54) is 5.56 Å². The van der Waals surface area contributed by atoms with Gasteiger partial charge in [-0.25, -0.2) is 4.79 Å². The van der Waals surface area contributed by atoms with E-state index in [-0.39, 0.29) is 23.5 Å². The van der Waals surface area contributed by atoms with Gasteiger partial charge in [-0.15, -0.1) is 0 Å². The monoisotopic (exact) mass is 318 g/mol. The number of hydrogen-bond acceptors (Lipinski definition) is 3. The summed E-state index contributed by atoms with van der Waals surface area (Å²) in [7, 11) is 0. The number of rotatable bonds is 5. The Morgan fingerprint density at radius 3 is 2.52 bits per heavy atom. The van der Waals surface area contributed by atoms with Crippen molar-refractivity contribution in [2.75, 3.05) is 18.0 Å². The van der Waals surface area contributed by atoms with Crippen molar-refractivity contribution in [2.45, 2.75) is 52.1 Å². The van der Waals surface area contributed by atoms with Gasteiger partial charge in [-0.1, -0.05) is 39.8 Å². The summed E-state index contributed by atoms with van der Waals surface area (Å²) in [6, 6.07) is 7.97. The molecule has 0 radical (unpaired) electrons. The minimum atomic E-state index is -0.358. The number of anilines is 1. The summed E-state index contributed by atoms with van der Waals surface area (Å²) in [4.78, 5) is 25.1. The van der Waals surface area contributed by atoms with E-state index in [0.29, 0.717) is 19.5 Å². The zero-order valence-electron chi connectivity index (χ0n) is 14.4. The van der Waals surface area contributed by atoms with Crippen molar-refractivity contribution in [3.8, 4) is 0 Å². The third-order valence-electron chi connectivity index (χ3n) is 3.92. The highest BCUT2D eigenvalue weighted by molar-refractivity contribution is 5.89. The highest BCUT2D eigenvalue weighted by Crippen LogP contribution is 2.27. The van der Waals surface area contributed by atoms with Crippen LogP contribution in [0.5, 0.6) is 0 Å². The lowest BCUT2D eigenvalue weighted by molar-refractivity contribution is -0.121. The molecule has 1 atom stereocenters. The summed E-state index contributed by atoms with van der Waals surface area (Å²) in [5, 5.41) is 2.80. The fourth-order valence-corrected chi connectivity index (χ4v) is 2.52. The largest absolute Gasteiger partial charge is 0.442 e. The lowest BCUT2D eigenvalue weighted by atomic mass is 9.87. The summed E-state index contributed by atoms with van der Waals surface area (Å²) >= 11 is 0. The Labute approximate surface area is 138 Å². The van der Waals surface area contributed by atoms with E-state index < -0.39 is 0 Å². The Morgan fingerprint density at radius 1 is 1.30 bits per heavy atom. The molecule has 0 spiro atoms. The molecule has 1 aromatic carbocycles. The van der Waals surface area contributed by atoms with Crippen molar-refractivity contribution in [1.29, 1.82) is 0 Å². The van der Waals surface area contributed by atoms with E-state index in [1.54, 1.807) is 4.90 Å². The van der Waals surface area contributed by atoms with Crippen LogP contribution in [0.1, 0.15) is 46.1 Å². The van der Waals surface area contributed by atoms with Crippen LogP contribution in [0.2, 0.25) is 0 Å². The Kier molecular flexibility index (Phi) is 5.29. The van der Waals surface area contributed by atoms with Gasteiger partial charge >= 0.3 is 6.09 Å². The summed E-state index contributed by atoms with van der Waals surface area (Å²) in [5.41, 5.74) is 2.12. The first-order valence-electron chi connectivity index (χ1n) is 8.16. The lowest BCUT2D eigenvalue weighted by Gasteiger charge is -2.20. The minimum Gasteiger partial charge on any atom is -0.442 e. The van der Waals surface area contributed by atoms with Crippen LogP contribution in [0.25, 0.3) is 0 Å². The Hall–Kier alpha value is -2.04. The maximum absolute atomic E-state index is 12.0. The first-order chi connectivity index (χ1) is 10.8. The van der Waals surface area contributed by atoms with Crippen molar-refractivity contribution in [3.05, 3.63) is 29.8 Å². The van der Waals surface area contributed by atoms with Crippen LogP contribution < -0.4 is 10.2 Å². The van der Waals surface area contributed by atoms with Crippen LogP contribution in [0.3, 0.4) is 0 Å². The number of amides is 2. The zero-order valence-corrected chi connectivity index (χ0v) is 14.4. The third kappa shape index (κ3) is 4.47. The Bertz CT molecular complexity index is 561. The van der Waals surface area contributed by atoms with E-state index in [2.05, 4.69) is 26.1 Å². The number of nitrogens with zero attached hydrogens (tertiary/aromatic N) is 1. The van der Waals surface area contributed by atoms with Crippen LogP contribution in [0.15, 0.2) is 24.3 Å². The van der Waals surface area contributed by atoms with Crippen molar-refractivity contribution < 1.29 is 14.3 Å². The van der Waals surface area contributed by atoms with Gasteiger partial charge in [-0.2, -0.15) is 0 Å². The Balaban J connectivity index is 1.96. The topological polar surface area (TPSA) is 58.6 Å². The van der Waals surface area contributed by atoms with E-state index in [1.807, 2.05) is 31.2 Å². The number of benzene rings is 1. The van der Waals surface area contributed by atoms with E-state index in [0.717, 1.165) is 12.1 Å². The second-order valence-electron chi connectivity index (χ2n) is 6.97. The summed E-state index contributed by atoms with van der Waals surface area (Å²) in [6.07, 6.45) is 0.648. The van der Waals surface area contributed by atoms with Crippen LogP contribution in [-0.4, -0.2) is 31.2 Å². The number of ether oxygens (including phenoxy) is 1. The molecule has 5 heteroatoms. The standard InChI is InChI=1S/C18H26N2O3/c1-5-6-16(21)19-11-15-12-20(17(22)23-15)14-9-7-13(8-10-14)18(2,3)4/h7-10,15H,5-6,11-12H2,1-4H3,(H,19,21). The molecule has 0 aliphatic carbocycles. The molecule has 1 heterocycles. The van der Waals surface area contributed by atoms with Crippen molar-refractivity contribution >= 4 is 17.7 Å². The van der Waals surface area contributed by atoms with Gasteiger partial charge in [0.15, 0.2) is 0 Å². The van der Waals surface area contributed by atoms with Gasteiger partial charge < -0.3 is 10.1 Å². The molecule has 1 aromatic rings. The second kappa shape index (κ2) is 7.02. The van der Waals surface area contributed by atoms with Gasteiger partial charge in [-0.05, 0) is 29.5 Å². The molecule has 23 heavy (non-hydrogen) atoms. The molecule has 1 aliphatic rings. The molecule has 0 bridgehead atoms. The molecule has 126 valence electrons. The number of nitrogens with one attached hydrogen (secondary N) is 1. The molecule has 0 saturated carbocycles. The fraction of sp³-hybridized carbons (Fsp3) is 0.556. The van der Waals surface area contributed by atoms with Crippen molar-refractivity contribution in [3.63, 3.8) is 0 Å². The molecule has 1 unspecified atom stereocenters. The molecule has 2 rings (SSSR count). The van der Waals surface area contributed by atoms with E-state index in [9.17, 15) is 9.59 Å². The molecule has 1 N–H and O–H groups in total. The van der Waals surface area contributed by atoms with Gasteiger partial charge in [0.25, 0.3) is 0 Å². The highest BCUT2D eigenvalue weighted by Gasteiger charge is 2.32. The third-order valence-corrected chi connectivity index (χ3v) is 3.92. The maximum atomic E-state index is 12.0. The molecule has 1 fully saturated rings.